The van der Waals surface area contributed by atoms with Crippen LogP contribution in [0.15, 0.2) is 42.9 Å². The van der Waals surface area contributed by atoms with Crippen LogP contribution in [0.25, 0.3) is 22.6 Å². The van der Waals surface area contributed by atoms with Crippen molar-refractivity contribution in [1.82, 2.24) is 24.4 Å². The molecule has 0 atom stereocenters. The van der Waals surface area contributed by atoms with E-state index in [0.717, 1.165) is 54.3 Å². The first-order valence-corrected chi connectivity index (χ1v) is 9.58. The third-order valence-electron chi connectivity index (χ3n) is 5.25. The van der Waals surface area contributed by atoms with Crippen LogP contribution in [-0.2, 0) is 7.05 Å². The molecule has 1 N–H and O–H groups in total. The molecule has 28 heavy (non-hydrogen) atoms. The Bertz CT molecular complexity index is 946. The fraction of sp³-hybridized carbons (Fsp3) is 0.381. The van der Waals surface area contributed by atoms with Crippen LogP contribution in [-0.4, -0.2) is 57.7 Å². The highest BCUT2D eigenvalue weighted by Gasteiger charge is 2.20. The van der Waals surface area contributed by atoms with Crippen LogP contribution >= 0.6 is 0 Å². The maximum atomic E-state index is 5.39. The SMILES string of the molecule is COc1cccc(-c2cnc(NC3CCN(C)CC3)nc2-c2nccn2C)c1. The number of nitrogens with one attached hydrogen (secondary N) is 1. The van der Waals surface area contributed by atoms with Crippen LogP contribution in [0.2, 0.25) is 0 Å². The van der Waals surface area contributed by atoms with Crippen molar-refractivity contribution < 1.29 is 4.74 Å². The second kappa shape index (κ2) is 7.98. The Hall–Kier alpha value is -2.93. The van der Waals surface area contributed by atoms with E-state index in [1.165, 1.54) is 0 Å². The zero-order chi connectivity index (χ0) is 19.5. The minimum atomic E-state index is 0.396. The highest BCUT2D eigenvalue weighted by Crippen LogP contribution is 2.32. The predicted molar refractivity (Wildman–Crippen MR) is 110 cm³/mol. The van der Waals surface area contributed by atoms with Crippen molar-refractivity contribution in [3.05, 3.63) is 42.9 Å². The van der Waals surface area contributed by atoms with Crippen LogP contribution in [0.3, 0.4) is 0 Å². The normalized spacial score (nSPS) is 15.5. The molecule has 3 aromatic rings. The van der Waals surface area contributed by atoms with Gasteiger partial charge in [0.15, 0.2) is 5.82 Å². The van der Waals surface area contributed by atoms with Crippen molar-refractivity contribution in [3.63, 3.8) is 0 Å². The van der Waals surface area contributed by atoms with Crippen molar-refractivity contribution in [2.24, 2.45) is 7.05 Å². The van der Waals surface area contributed by atoms with Gasteiger partial charge >= 0.3 is 0 Å². The van der Waals surface area contributed by atoms with Crippen molar-refractivity contribution in [1.29, 1.82) is 0 Å². The fourth-order valence-electron chi connectivity index (χ4n) is 3.55. The van der Waals surface area contributed by atoms with Crippen molar-refractivity contribution >= 4 is 5.95 Å². The first kappa shape index (κ1) is 18.4. The number of rotatable bonds is 5. The molecule has 1 saturated heterocycles. The molecule has 3 heterocycles. The van der Waals surface area contributed by atoms with E-state index in [4.69, 9.17) is 9.72 Å². The molecule has 0 amide bonds. The molecule has 2 aromatic heterocycles. The average molecular weight is 378 g/mol. The van der Waals surface area contributed by atoms with E-state index in [-0.39, 0.29) is 0 Å². The number of hydrogen-bond acceptors (Lipinski definition) is 6. The molecule has 0 spiro atoms. The minimum Gasteiger partial charge on any atom is -0.497 e. The lowest BCUT2D eigenvalue weighted by molar-refractivity contribution is 0.263. The molecule has 1 fully saturated rings. The standard InChI is InChI=1S/C21H26N6O/c1-26-10-7-16(8-11-26)24-21-23-14-18(15-5-4-6-17(13-15)28-3)19(25-21)20-22-9-12-27(20)2/h4-6,9,12-14,16H,7-8,10-11H2,1-3H3,(H,23,24,25). The smallest absolute Gasteiger partial charge is 0.223 e. The summed E-state index contributed by atoms with van der Waals surface area (Å²) in [6, 6.07) is 8.34. The fourth-order valence-corrected chi connectivity index (χ4v) is 3.55. The summed E-state index contributed by atoms with van der Waals surface area (Å²) < 4.78 is 7.36. The van der Waals surface area contributed by atoms with Gasteiger partial charge in [0.25, 0.3) is 0 Å². The van der Waals surface area contributed by atoms with E-state index >= 15 is 0 Å². The van der Waals surface area contributed by atoms with Gasteiger partial charge in [-0.3, -0.25) is 0 Å². The minimum absolute atomic E-state index is 0.396. The summed E-state index contributed by atoms with van der Waals surface area (Å²) in [6.45, 7) is 2.18. The van der Waals surface area contributed by atoms with Crippen LogP contribution in [0, 0.1) is 0 Å². The summed E-state index contributed by atoms with van der Waals surface area (Å²) in [5.74, 6) is 2.27. The lowest BCUT2D eigenvalue weighted by Crippen LogP contribution is -2.37. The Morgan fingerprint density at radius 2 is 1.96 bits per heavy atom. The summed E-state index contributed by atoms with van der Waals surface area (Å²) in [7, 11) is 5.81. The number of imidazole rings is 1. The summed E-state index contributed by atoms with van der Waals surface area (Å²) >= 11 is 0. The van der Waals surface area contributed by atoms with Gasteiger partial charge in [-0.15, -0.1) is 0 Å². The number of nitrogens with zero attached hydrogens (tertiary/aromatic N) is 5. The Labute approximate surface area is 165 Å². The summed E-state index contributed by atoms with van der Waals surface area (Å²) in [5.41, 5.74) is 2.75. The number of likely N-dealkylation sites (tertiary alicyclic amines) is 1. The monoisotopic (exact) mass is 378 g/mol. The number of anilines is 1. The molecule has 7 nitrogen and oxygen atoms in total. The van der Waals surface area contributed by atoms with Gasteiger partial charge in [-0.1, -0.05) is 12.1 Å². The number of methoxy groups -OCH3 is 1. The van der Waals surface area contributed by atoms with Gasteiger partial charge in [-0.2, -0.15) is 0 Å². The van der Waals surface area contributed by atoms with Gasteiger partial charge in [0.05, 0.1) is 7.11 Å². The van der Waals surface area contributed by atoms with Gasteiger partial charge in [0.2, 0.25) is 5.95 Å². The van der Waals surface area contributed by atoms with Crippen molar-refractivity contribution in [2.45, 2.75) is 18.9 Å². The number of ether oxygens (including phenoxy) is 1. The third-order valence-corrected chi connectivity index (χ3v) is 5.25. The quantitative estimate of drug-likeness (QED) is 0.736. The van der Waals surface area contributed by atoms with Crippen molar-refractivity contribution in [2.75, 3.05) is 32.6 Å². The molecule has 1 aromatic carbocycles. The molecule has 0 aliphatic carbocycles. The molecular weight excluding hydrogens is 352 g/mol. The highest BCUT2D eigenvalue weighted by atomic mass is 16.5. The maximum Gasteiger partial charge on any atom is 0.223 e. The number of hydrogen-bond donors (Lipinski definition) is 1. The molecule has 0 bridgehead atoms. The molecule has 4 rings (SSSR count). The molecular formula is C21H26N6O. The number of benzene rings is 1. The Balaban J connectivity index is 1.71. The zero-order valence-electron chi connectivity index (χ0n) is 16.6. The van der Waals surface area contributed by atoms with Gasteiger partial charge in [-0.05, 0) is 50.7 Å². The predicted octanol–water partition coefficient (Wildman–Crippen LogP) is 3.06. The molecule has 0 radical (unpaired) electrons. The Morgan fingerprint density at radius 3 is 2.68 bits per heavy atom. The zero-order valence-corrected chi connectivity index (χ0v) is 16.6. The van der Waals surface area contributed by atoms with Gasteiger partial charge in [0, 0.05) is 37.2 Å². The number of aromatic nitrogens is 4. The van der Waals surface area contributed by atoms with E-state index in [0.29, 0.717) is 12.0 Å². The second-order valence-corrected chi connectivity index (χ2v) is 7.27. The molecule has 1 aliphatic heterocycles. The molecule has 0 unspecified atom stereocenters. The van der Waals surface area contributed by atoms with E-state index in [9.17, 15) is 0 Å². The highest BCUT2D eigenvalue weighted by molar-refractivity contribution is 5.78. The molecule has 7 heteroatoms. The van der Waals surface area contributed by atoms with E-state index in [1.807, 2.05) is 48.3 Å². The lowest BCUT2D eigenvalue weighted by atomic mass is 10.0. The summed E-state index contributed by atoms with van der Waals surface area (Å²) in [4.78, 5) is 16.3. The molecule has 146 valence electrons. The van der Waals surface area contributed by atoms with E-state index in [2.05, 4.69) is 27.2 Å². The molecule has 1 aliphatic rings. The van der Waals surface area contributed by atoms with Crippen LogP contribution in [0.5, 0.6) is 5.75 Å². The van der Waals surface area contributed by atoms with Crippen LogP contribution in [0.4, 0.5) is 5.95 Å². The van der Waals surface area contributed by atoms with Gasteiger partial charge < -0.3 is 19.5 Å². The first-order chi connectivity index (χ1) is 13.6. The van der Waals surface area contributed by atoms with E-state index < -0.39 is 0 Å². The topological polar surface area (TPSA) is 68.1 Å². The second-order valence-electron chi connectivity index (χ2n) is 7.27. The number of piperidine rings is 1. The number of aryl methyl sites for hydroxylation is 1. The van der Waals surface area contributed by atoms with Crippen molar-refractivity contribution in [3.8, 4) is 28.4 Å². The summed E-state index contributed by atoms with van der Waals surface area (Å²) in [5, 5.41) is 3.51. The Morgan fingerprint density at radius 1 is 1.14 bits per heavy atom. The Kier molecular flexibility index (Phi) is 5.25. The third kappa shape index (κ3) is 3.84. The first-order valence-electron chi connectivity index (χ1n) is 9.58. The average Bonchev–Trinajstić information content (AvgIpc) is 3.15. The van der Waals surface area contributed by atoms with Gasteiger partial charge in [-0.25, -0.2) is 15.0 Å². The van der Waals surface area contributed by atoms with E-state index in [1.54, 1.807) is 13.3 Å². The lowest BCUT2D eigenvalue weighted by Gasteiger charge is -2.29. The van der Waals surface area contributed by atoms with Gasteiger partial charge in [0.1, 0.15) is 11.4 Å². The summed E-state index contributed by atoms with van der Waals surface area (Å²) in [6.07, 6.45) is 7.78. The largest absolute Gasteiger partial charge is 0.497 e. The maximum absolute atomic E-state index is 5.39. The molecule has 0 saturated carbocycles. The van der Waals surface area contributed by atoms with Crippen LogP contribution in [0.1, 0.15) is 12.8 Å². The van der Waals surface area contributed by atoms with Crippen LogP contribution < -0.4 is 10.1 Å².